The molecule has 0 bridgehead atoms. The Morgan fingerprint density at radius 3 is 2.67 bits per heavy atom. The normalized spacial score (nSPS) is 15.0. The van der Waals surface area contributed by atoms with Crippen LogP contribution in [0.15, 0.2) is 52.9 Å². The third-order valence-electron chi connectivity index (χ3n) is 6.06. The van der Waals surface area contributed by atoms with E-state index in [1.54, 1.807) is 6.07 Å². The van der Waals surface area contributed by atoms with Crippen molar-refractivity contribution in [1.82, 2.24) is 20.4 Å². The van der Waals surface area contributed by atoms with Crippen molar-refractivity contribution < 1.29 is 13.6 Å². The Morgan fingerprint density at radius 2 is 1.91 bits per heavy atom. The highest BCUT2D eigenvalue weighted by molar-refractivity contribution is 6.31. The molecule has 0 spiro atoms. The third kappa shape index (κ3) is 6.62. The first-order valence-electron chi connectivity index (χ1n) is 11.4. The van der Waals surface area contributed by atoms with E-state index in [4.69, 9.17) is 16.0 Å². The molecule has 0 aliphatic carbocycles. The topological polar surface area (TPSA) is 71.3 Å². The van der Waals surface area contributed by atoms with Gasteiger partial charge in [0.15, 0.2) is 0 Å². The number of rotatable bonds is 9. The molecular weight excluding hydrogens is 443 g/mol. The standard InChI is InChI=1S/C25H28ClFN4O2/c26-21-8-4-9-22(27)20(21)17-23-29-30-25(33-23)24(32)28-12-5-13-31-14-10-19(11-15-31)16-18-6-2-1-3-7-18/h1-4,6-9,19H,5,10-17H2,(H,28,32). The van der Waals surface area contributed by atoms with Crippen LogP contribution in [0.1, 0.15) is 47.0 Å². The predicted octanol–water partition coefficient (Wildman–Crippen LogP) is 4.53. The molecule has 174 valence electrons. The number of aromatic nitrogens is 2. The van der Waals surface area contributed by atoms with Gasteiger partial charge >= 0.3 is 11.8 Å². The SMILES string of the molecule is O=C(NCCCN1CCC(Cc2ccccc2)CC1)c1nnc(Cc2c(F)cccc2Cl)o1. The molecule has 4 rings (SSSR count). The minimum absolute atomic E-state index is 0.0337. The van der Waals surface area contributed by atoms with Gasteiger partial charge < -0.3 is 14.6 Å². The maximum atomic E-state index is 13.9. The monoisotopic (exact) mass is 470 g/mol. The fourth-order valence-corrected chi connectivity index (χ4v) is 4.44. The van der Waals surface area contributed by atoms with Gasteiger partial charge in [0.1, 0.15) is 5.82 Å². The van der Waals surface area contributed by atoms with Crippen LogP contribution in [-0.2, 0) is 12.8 Å². The Balaban J connectivity index is 1.15. The number of hydrogen-bond donors (Lipinski definition) is 1. The second-order valence-electron chi connectivity index (χ2n) is 8.46. The summed E-state index contributed by atoms with van der Waals surface area (Å²) < 4.78 is 19.3. The van der Waals surface area contributed by atoms with Crippen LogP contribution in [-0.4, -0.2) is 47.2 Å². The average molecular weight is 471 g/mol. The summed E-state index contributed by atoms with van der Waals surface area (Å²) in [5.74, 6) is -0.107. The van der Waals surface area contributed by atoms with Crippen LogP contribution >= 0.6 is 11.6 Å². The van der Waals surface area contributed by atoms with Crippen LogP contribution < -0.4 is 5.32 Å². The van der Waals surface area contributed by atoms with Crippen LogP contribution in [0.3, 0.4) is 0 Å². The summed E-state index contributed by atoms with van der Waals surface area (Å²) in [6, 6.07) is 15.1. The zero-order chi connectivity index (χ0) is 23.0. The number of nitrogens with one attached hydrogen (secondary N) is 1. The molecule has 1 fully saturated rings. The fraction of sp³-hybridized carbons (Fsp3) is 0.400. The second-order valence-corrected chi connectivity index (χ2v) is 8.87. The first-order chi connectivity index (χ1) is 16.1. The summed E-state index contributed by atoms with van der Waals surface area (Å²) in [4.78, 5) is 14.7. The van der Waals surface area contributed by atoms with Gasteiger partial charge in [-0.2, -0.15) is 0 Å². The molecule has 0 atom stereocenters. The van der Waals surface area contributed by atoms with Crippen molar-refractivity contribution in [1.29, 1.82) is 0 Å². The van der Waals surface area contributed by atoms with Crippen molar-refractivity contribution in [2.75, 3.05) is 26.2 Å². The van der Waals surface area contributed by atoms with Crippen LogP contribution in [0.25, 0.3) is 0 Å². The van der Waals surface area contributed by atoms with Crippen molar-refractivity contribution >= 4 is 17.5 Å². The minimum Gasteiger partial charge on any atom is -0.417 e. The van der Waals surface area contributed by atoms with E-state index in [0.717, 1.165) is 38.4 Å². The lowest BCUT2D eigenvalue weighted by Gasteiger charge is -2.32. The Bertz CT molecular complexity index is 1030. The van der Waals surface area contributed by atoms with Crippen LogP contribution in [0.5, 0.6) is 0 Å². The van der Waals surface area contributed by atoms with E-state index >= 15 is 0 Å². The highest BCUT2D eigenvalue weighted by Gasteiger charge is 2.20. The highest BCUT2D eigenvalue weighted by atomic mass is 35.5. The smallest absolute Gasteiger partial charge is 0.308 e. The lowest BCUT2D eigenvalue weighted by Crippen LogP contribution is -2.36. The zero-order valence-corrected chi connectivity index (χ0v) is 19.2. The largest absolute Gasteiger partial charge is 0.417 e. The summed E-state index contributed by atoms with van der Waals surface area (Å²) in [7, 11) is 0. The molecule has 1 N–H and O–H groups in total. The molecule has 33 heavy (non-hydrogen) atoms. The minimum atomic E-state index is -0.448. The van der Waals surface area contributed by atoms with Crippen molar-refractivity contribution in [2.24, 2.45) is 5.92 Å². The number of carbonyl (C=O) groups excluding carboxylic acids is 1. The maximum absolute atomic E-state index is 13.9. The lowest BCUT2D eigenvalue weighted by molar-refractivity contribution is 0.0914. The Labute approximate surface area is 198 Å². The van der Waals surface area contributed by atoms with Gasteiger partial charge in [0.2, 0.25) is 5.89 Å². The summed E-state index contributed by atoms with van der Waals surface area (Å²) in [6.45, 7) is 3.66. The molecular formula is C25H28ClFN4O2. The van der Waals surface area contributed by atoms with Gasteiger partial charge in [-0.25, -0.2) is 4.39 Å². The van der Waals surface area contributed by atoms with Crippen LogP contribution in [0.4, 0.5) is 4.39 Å². The van der Waals surface area contributed by atoms with E-state index in [0.29, 0.717) is 6.54 Å². The molecule has 1 aromatic heterocycles. The van der Waals surface area contributed by atoms with Gasteiger partial charge in [-0.1, -0.05) is 48.0 Å². The van der Waals surface area contributed by atoms with Gasteiger partial charge in [0.25, 0.3) is 0 Å². The van der Waals surface area contributed by atoms with Gasteiger partial charge in [-0.15, -0.1) is 10.2 Å². The summed E-state index contributed by atoms with van der Waals surface area (Å²) >= 11 is 6.03. The molecule has 0 unspecified atom stereocenters. The van der Waals surface area contributed by atoms with Crippen molar-refractivity contribution in [3.8, 4) is 0 Å². The summed E-state index contributed by atoms with van der Waals surface area (Å²) in [5.41, 5.74) is 1.68. The predicted molar refractivity (Wildman–Crippen MR) is 125 cm³/mol. The van der Waals surface area contributed by atoms with Gasteiger partial charge in [0.05, 0.1) is 6.42 Å². The summed E-state index contributed by atoms with van der Waals surface area (Å²) in [6.07, 6.45) is 4.45. The second kappa shape index (κ2) is 11.4. The van der Waals surface area contributed by atoms with Crippen LogP contribution in [0.2, 0.25) is 5.02 Å². The Kier molecular flexibility index (Phi) is 8.07. The number of benzene rings is 2. The van der Waals surface area contributed by atoms with Crippen LogP contribution in [0, 0.1) is 11.7 Å². The number of amides is 1. The fourth-order valence-electron chi connectivity index (χ4n) is 4.21. The van der Waals surface area contributed by atoms with E-state index in [2.05, 4.69) is 50.7 Å². The molecule has 2 heterocycles. The molecule has 1 aliphatic heterocycles. The number of halogens is 2. The van der Waals surface area contributed by atoms with E-state index in [9.17, 15) is 9.18 Å². The Hall–Kier alpha value is -2.77. The van der Waals surface area contributed by atoms with Gasteiger partial charge in [-0.3, -0.25) is 4.79 Å². The molecule has 6 nitrogen and oxygen atoms in total. The molecule has 2 aromatic carbocycles. The molecule has 3 aromatic rings. The number of hydrogen-bond acceptors (Lipinski definition) is 5. The van der Waals surface area contributed by atoms with Crippen molar-refractivity contribution in [3.63, 3.8) is 0 Å². The molecule has 1 aliphatic rings. The maximum Gasteiger partial charge on any atom is 0.308 e. The number of nitrogens with zero attached hydrogens (tertiary/aromatic N) is 3. The average Bonchev–Trinajstić information content (AvgIpc) is 3.30. The zero-order valence-electron chi connectivity index (χ0n) is 18.5. The molecule has 8 heteroatoms. The molecule has 0 radical (unpaired) electrons. The number of likely N-dealkylation sites (tertiary alicyclic amines) is 1. The number of piperidine rings is 1. The molecule has 0 saturated carbocycles. The molecule has 1 saturated heterocycles. The van der Waals surface area contributed by atoms with Crippen molar-refractivity contribution in [2.45, 2.75) is 32.1 Å². The van der Waals surface area contributed by atoms with Crippen molar-refractivity contribution in [3.05, 3.63) is 82.3 Å². The lowest BCUT2D eigenvalue weighted by atomic mass is 9.90. The number of carbonyl (C=O) groups is 1. The van der Waals surface area contributed by atoms with E-state index in [1.165, 1.54) is 30.5 Å². The summed E-state index contributed by atoms with van der Waals surface area (Å²) in [5, 5.41) is 10.7. The van der Waals surface area contributed by atoms with E-state index < -0.39 is 11.7 Å². The van der Waals surface area contributed by atoms with E-state index in [-0.39, 0.29) is 28.8 Å². The first kappa shape index (κ1) is 23.4. The van der Waals surface area contributed by atoms with Gasteiger partial charge in [-0.05, 0) is 68.9 Å². The van der Waals surface area contributed by atoms with E-state index in [1.807, 2.05) is 0 Å². The third-order valence-corrected chi connectivity index (χ3v) is 6.42. The first-order valence-corrected chi connectivity index (χ1v) is 11.8. The Morgan fingerprint density at radius 1 is 1.12 bits per heavy atom. The molecule has 1 amide bonds. The van der Waals surface area contributed by atoms with Gasteiger partial charge in [0, 0.05) is 17.1 Å². The highest BCUT2D eigenvalue weighted by Crippen LogP contribution is 2.23. The quantitative estimate of drug-likeness (QED) is 0.465.